The Labute approximate surface area is 94.3 Å². The van der Waals surface area contributed by atoms with Crippen molar-refractivity contribution in [2.24, 2.45) is 0 Å². The molecule has 0 N–H and O–H groups in total. The van der Waals surface area contributed by atoms with E-state index in [1.807, 2.05) is 49.5 Å². The molecule has 1 aromatic carbocycles. The molecule has 2 rings (SSSR count). The van der Waals surface area contributed by atoms with Gasteiger partial charge in [0.1, 0.15) is 0 Å². The normalized spacial score (nSPS) is 11.1. The van der Waals surface area contributed by atoms with Crippen molar-refractivity contribution in [2.75, 3.05) is 0 Å². The fourth-order valence-electron chi connectivity index (χ4n) is 1.56. The number of hydrogen-bond donors (Lipinski definition) is 0. The van der Waals surface area contributed by atoms with Gasteiger partial charge in [-0.15, -0.1) is 0 Å². The second-order valence-electron chi connectivity index (χ2n) is 3.31. The molecule has 1 heterocycles. The Balaban J connectivity index is 2.40. The molecule has 0 radical (unpaired) electrons. The van der Waals surface area contributed by atoms with E-state index in [4.69, 9.17) is 5.26 Å². The lowest BCUT2D eigenvalue weighted by Crippen LogP contribution is -1.98. The molecular formula is C13H11N3. The summed E-state index contributed by atoms with van der Waals surface area (Å²) in [6.45, 7) is 1.97. The number of allylic oxidation sites excluding steroid dienone is 1. The van der Waals surface area contributed by atoms with Crippen molar-refractivity contribution in [3.63, 3.8) is 0 Å². The molecule has 0 amide bonds. The predicted molar refractivity (Wildman–Crippen MR) is 62.4 cm³/mol. The molecule has 3 nitrogen and oxygen atoms in total. The highest BCUT2D eigenvalue weighted by Crippen LogP contribution is 2.16. The van der Waals surface area contributed by atoms with Crippen molar-refractivity contribution >= 4 is 5.70 Å². The number of hydrogen-bond acceptors (Lipinski definition) is 2. The van der Waals surface area contributed by atoms with Crippen molar-refractivity contribution in [1.82, 2.24) is 9.78 Å². The number of nitrogens with zero attached hydrogens (tertiary/aromatic N) is 3. The zero-order valence-corrected chi connectivity index (χ0v) is 8.96. The summed E-state index contributed by atoms with van der Waals surface area (Å²) in [5, 5.41) is 12.9. The van der Waals surface area contributed by atoms with Gasteiger partial charge >= 0.3 is 0 Å². The van der Waals surface area contributed by atoms with Crippen LogP contribution in [0.3, 0.4) is 0 Å². The van der Waals surface area contributed by atoms with Crippen molar-refractivity contribution < 1.29 is 0 Å². The smallest absolute Gasteiger partial charge is 0.0991 e. The Morgan fingerprint density at radius 3 is 2.62 bits per heavy atom. The molecule has 2 aromatic rings. The first-order valence-electron chi connectivity index (χ1n) is 5.02. The van der Waals surface area contributed by atoms with Crippen LogP contribution in [0.15, 0.2) is 48.8 Å². The fourth-order valence-corrected chi connectivity index (χ4v) is 1.56. The van der Waals surface area contributed by atoms with Crippen molar-refractivity contribution in [3.8, 4) is 6.07 Å². The van der Waals surface area contributed by atoms with E-state index in [1.54, 1.807) is 10.9 Å². The number of rotatable bonds is 2. The Morgan fingerprint density at radius 2 is 2.12 bits per heavy atom. The number of benzene rings is 1. The SMILES string of the molecule is C/C=C(/c1ccc(C#N)cc1)n1cccn1. The first-order valence-corrected chi connectivity index (χ1v) is 5.02. The van der Waals surface area contributed by atoms with E-state index in [1.165, 1.54) is 0 Å². The molecule has 0 saturated carbocycles. The maximum Gasteiger partial charge on any atom is 0.0991 e. The second-order valence-corrected chi connectivity index (χ2v) is 3.31. The molecule has 0 atom stereocenters. The van der Waals surface area contributed by atoms with Crippen molar-refractivity contribution in [3.05, 3.63) is 59.9 Å². The standard InChI is InChI=1S/C13H11N3/c1-2-13(16-9-3-8-15-16)12-6-4-11(10-14)5-7-12/h2-9H,1H3/b13-2-. The molecule has 1 aromatic heterocycles. The molecular weight excluding hydrogens is 198 g/mol. The molecule has 0 aliphatic carbocycles. The van der Waals surface area contributed by atoms with Gasteiger partial charge in [-0.05, 0) is 30.7 Å². The molecule has 16 heavy (non-hydrogen) atoms. The van der Waals surface area contributed by atoms with Gasteiger partial charge in [0.2, 0.25) is 0 Å². The highest BCUT2D eigenvalue weighted by Gasteiger charge is 2.02. The van der Waals surface area contributed by atoms with Gasteiger partial charge in [0.15, 0.2) is 0 Å². The lowest BCUT2D eigenvalue weighted by atomic mass is 10.1. The van der Waals surface area contributed by atoms with E-state index in [9.17, 15) is 0 Å². The molecule has 78 valence electrons. The van der Waals surface area contributed by atoms with E-state index in [0.29, 0.717) is 5.56 Å². The molecule has 0 aliphatic heterocycles. The van der Waals surface area contributed by atoms with E-state index >= 15 is 0 Å². The summed E-state index contributed by atoms with van der Waals surface area (Å²) in [5.41, 5.74) is 2.72. The maximum atomic E-state index is 8.73. The van der Waals surface area contributed by atoms with E-state index in [0.717, 1.165) is 11.3 Å². The van der Waals surface area contributed by atoms with E-state index < -0.39 is 0 Å². The molecule has 0 aliphatic rings. The summed E-state index contributed by atoms with van der Waals surface area (Å²) in [4.78, 5) is 0. The van der Waals surface area contributed by atoms with Crippen LogP contribution in [0.25, 0.3) is 5.70 Å². The van der Waals surface area contributed by atoms with Gasteiger partial charge in [0, 0.05) is 12.4 Å². The Hall–Kier alpha value is -2.34. The number of aromatic nitrogens is 2. The monoisotopic (exact) mass is 209 g/mol. The summed E-state index contributed by atoms with van der Waals surface area (Å²) in [7, 11) is 0. The van der Waals surface area contributed by atoms with Crippen LogP contribution in [0.2, 0.25) is 0 Å². The fraction of sp³-hybridized carbons (Fsp3) is 0.0769. The van der Waals surface area contributed by atoms with Crippen molar-refractivity contribution in [2.45, 2.75) is 6.92 Å². The molecule has 0 unspecified atom stereocenters. The van der Waals surface area contributed by atoms with Crippen LogP contribution in [0.4, 0.5) is 0 Å². The van der Waals surface area contributed by atoms with Gasteiger partial charge in [-0.1, -0.05) is 18.2 Å². The Bertz CT molecular complexity index is 528. The van der Waals surface area contributed by atoms with Crippen LogP contribution in [0.5, 0.6) is 0 Å². The van der Waals surface area contributed by atoms with Gasteiger partial charge in [0.05, 0.1) is 17.3 Å². The first-order chi connectivity index (χ1) is 7.85. The predicted octanol–water partition coefficient (Wildman–Crippen LogP) is 2.66. The third kappa shape index (κ3) is 1.86. The van der Waals surface area contributed by atoms with Crippen LogP contribution in [0.1, 0.15) is 18.1 Å². The summed E-state index contributed by atoms with van der Waals surface area (Å²) in [5.74, 6) is 0. The van der Waals surface area contributed by atoms with Crippen LogP contribution in [-0.4, -0.2) is 9.78 Å². The Kier molecular flexibility index (Phi) is 2.84. The minimum atomic E-state index is 0.666. The molecule has 0 bridgehead atoms. The van der Waals surface area contributed by atoms with Gasteiger partial charge in [-0.25, -0.2) is 4.68 Å². The quantitative estimate of drug-likeness (QED) is 0.763. The first kappa shape index (κ1) is 10.2. The average Bonchev–Trinajstić information content (AvgIpc) is 2.85. The third-order valence-electron chi connectivity index (χ3n) is 2.33. The summed E-state index contributed by atoms with van der Waals surface area (Å²) >= 11 is 0. The van der Waals surface area contributed by atoms with Crippen LogP contribution in [-0.2, 0) is 0 Å². The van der Waals surface area contributed by atoms with Gasteiger partial charge in [-0.2, -0.15) is 10.4 Å². The highest BCUT2D eigenvalue weighted by molar-refractivity contribution is 5.65. The van der Waals surface area contributed by atoms with Gasteiger partial charge in [-0.3, -0.25) is 0 Å². The average molecular weight is 209 g/mol. The molecule has 0 saturated heterocycles. The molecule has 0 fully saturated rings. The summed E-state index contributed by atoms with van der Waals surface area (Å²) < 4.78 is 1.81. The minimum Gasteiger partial charge on any atom is -0.241 e. The summed E-state index contributed by atoms with van der Waals surface area (Å²) in [6, 6.07) is 11.5. The molecule has 3 heteroatoms. The van der Waals surface area contributed by atoms with Crippen LogP contribution >= 0.6 is 0 Å². The molecule has 0 spiro atoms. The Morgan fingerprint density at radius 1 is 1.38 bits per heavy atom. The largest absolute Gasteiger partial charge is 0.241 e. The third-order valence-corrected chi connectivity index (χ3v) is 2.33. The lowest BCUT2D eigenvalue weighted by molar-refractivity contribution is 0.902. The lowest BCUT2D eigenvalue weighted by Gasteiger charge is -2.07. The summed E-state index contributed by atoms with van der Waals surface area (Å²) in [6.07, 6.45) is 5.63. The van der Waals surface area contributed by atoms with E-state index in [2.05, 4.69) is 11.2 Å². The van der Waals surface area contributed by atoms with Crippen LogP contribution in [0, 0.1) is 11.3 Å². The zero-order valence-electron chi connectivity index (χ0n) is 8.96. The maximum absolute atomic E-state index is 8.73. The van der Waals surface area contributed by atoms with Crippen molar-refractivity contribution in [1.29, 1.82) is 5.26 Å². The second kappa shape index (κ2) is 4.45. The zero-order chi connectivity index (χ0) is 11.4. The topological polar surface area (TPSA) is 41.6 Å². The van der Waals surface area contributed by atoms with Crippen LogP contribution < -0.4 is 0 Å². The van der Waals surface area contributed by atoms with Gasteiger partial charge < -0.3 is 0 Å². The highest BCUT2D eigenvalue weighted by atomic mass is 15.3. The van der Waals surface area contributed by atoms with Gasteiger partial charge in [0.25, 0.3) is 0 Å². The van der Waals surface area contributed by atoms with E-state index in [-0.39, 0.29) is 0 Å². The number of nitriles is 1. The minimum absolute atomic E-state index is 0.666.